The van der Waals surface area contributed by atoms with Gasteiger partial charge in [-0.05, 0) is 19.3 Å². The van der Waals surface area contributed by atoms with Crippen LogP contribution in [0.15, 0.2) is 0 Å². The third-order valence-corrected chi connectivity index (χ3v) is 3.28. The van der Waals surface area contributed by atoms with Crippen LogP contribution in [0.3, 0.4) is 0 Å². The molecule has 0 saturated carbocycles. The Bertz CT molecular complexity index is 271. The maximum atomic E-state index is 12.3. The second kappa shape index (κ2) is 7.07. The van der Waals surface area contributed by atoms with E-state index >= 15 is 0 Å². The largest absolute Gasteiger partial charge is 0.382 e. The lowest BCUT2D eigenvalue weighted by Crippen LogP contribution is -2.42. The van der Waals surface area contributed by atoms with E-state index in [1.807, 2.05) is 11.8 Å². The highest BCUT2D eigenvalue weighted by atomic mass is 16.5. The van der Waals surface area contributed by atoms with Gasteiger partial charge in [0.05, 0.1) is 31.5 Å². The van der Waals surface area contributed by atoms with Crippen molar-refractivity contribution in [1.82, 2.24) is 10.2 Å². The van der Waals surface area contributed by atoms with Gasteiger partial charge in [-0.3, -0.25) is 10.1 Å². The number of rotatable bonds is 7. The lowest BCUT2D eigenvalue weighted by atomic mass is 10.0. The van der Waals surface area contributed by atoms with E-state index in [4.69, 9.17) is 9.47 Å². The molecule has 1 N–H and O–H groups in total. The van der Waals surface area contributed by atoms with Gasteiger partial charge in [-0.25, -0.2) is 0 Å². The predicted molar refractivity (Wildman–Crippen MR) is 70.2 cm³/mol. The van der Waals surface area contributed by atoms with Crippen LogP contribution in [-0.2, 0) is 14.3 Å². The van der Waals surface area contributed by atoms with E-state index in [0.29, 0.717) is 19.1 Å². The van der Waals surface area contributed by atoms with Gasteiger partial charge in [0.25, 0.3) is 0 Å². The number of nitrogens with zero attached hydrogens (tertiary/aromatic N) is 1. The molecule has 0 aliphatic carbocycles. The van der Waals surface area contributed by atoms with Crippen LogP contribution in [0.5, 0.6) is 0 Å². The molecule has 1 aliphatic rings. The van der Waals surface area contributed by atoms with E-state index in [2.05, 4.69) is 19.2 Å². The summed E-state index contributed by atoms with van der Waals surface area (Å²) in [6.45, 7) is 7.35. The molecule has 1 amide bonds. The summed E-state index contributed by atoms with van der Waals surface area (Å²) in [7, 11) is 3.29. The molecule has 106 valence electrons. The number of methoxy groups -OCH3 is 2. The molecule has 0 spiro atoms. The standard InChI is InChI=1S/C13H26N2O3/c1-9(2)6-12-13(16)15(10(3)14-12)7-11(18-5)8-17-4/h9-12,14H,6-8H2,1-5H3. The molecule has 1 aliphatic heterocycles. The van der Waals surface area contributed by atoms with E-state index in [1.165, 1.54) is 0 Å². The summed E-state index contributed by atoms with van der Waals surface area (Å²) in [6, 6.07) is -0.0555. The minimum Gasteiger partial charge on any atom is -0.382 e. The Morgan fingerprint density at radius 2 is 2.06 bits per heavy atom. The highest BCUT2D eigenvalue weighted by molar-refractivity contribution is 5.84. The number of nitrogens with one attached hydrogen (secondary N) is 1. The van der Waals surface area contributed by atoms with Crippen LogP contribution in [0.2, 0.25) is 0 Å². The van der Waals surface area contributed by atoms with Gasteiger partial charge in [0, 0.05) is 14.2 Å². The Kier molecular flexibility index (Phi) is 6.05. The van der Waals surface area contributed by atoms with Crippen molar-refractivity contribution in [3.63, 3.8) is 0 Å². The molecular formula is C13H26N2O3. The molecule has 18 heavy (non-hydrogen) atoms. The minimum absolute atomic E-state index is 0.0555. The topological polar surface area (TPSA) is 50.8 Å². The van der Waals surface area contributed by atoms with E-state index < -0.39 is 0 Å². The van der Waals surface area contributed by atoms with Crippen molar-refractivity contribution in [3.8, 4) is 0 Å². The zero-order valence-corrected chi connectivity index (χ0v) is 12.1. The molecule has 1 saturated heterocycles. The van der Waals surface area contributed by atoms with Gasteiger partial charge < -0.3 is 14.4 Å². The fraction of sp³-hybridized carbons (Fsp3) is 0.923. The van der Waals surface area contributed by atoms with Gasteiger partial charge in [0.2, 0.25) is 5.91 Å². The molecule has 0 aromatic rings. The first-order valence-corrected chi connectivity index (χ1v) is 6.57. The predicted octanol–water partition coefficient (Wildman–Crippen LogP) is 0.840. The molecule has 1 heterocycles. The van der Waals surface area contributed by atoms with Crippen molar-refractivity contribution in [2.75, 3.05) is 27.4 Å². The molecule has 0 radical (unpaired) electrons. The lowest BCUT2D eigenvalue weighted by molar-refractivity contribution is -0.132. The summed E-state index contributed by atoms with van der Waals surface area (Å²) in [6.07, 6.45) is 0.874. The molecule has 5 nitrogen and oxygen atoms in total. The number of carbonyl (C=O) groups excluding carboxylic acids is 1. The Balaban J connectivity index is 2.57. The fourth-order valence-electron chi connectivity index (χ4n) is 2.33. The first kappa shape index (κ1) is 15.4. The molecule has 1 rings (SSSR count). The van der Waals surface area contributed by atoms with Crippen LogP contribution < -0.4 is 5.32 Å². The zero-order valence-electron chi connectivity index (χ0n) is 12.1. The number of hydrogen-bond acceptors (Lipinski definition) is 4. The van der Waals surface area contributed by atoms with Crippen LogP contribution in [0, 0.1) is 5.92 Å². The van der Waals surface area contributed by atoms with E-state index in [0.717, 1.165) is 6.42 Å². The number of carbonyl (C=O) groups is 1. The second-order valence-corrected chi connectivity index (χ2v) is 5.33. The third kappa shape index (κ3) is 3.93. The summed E-state index contributed by atoms with van der Waals surface area (Å²) in [5, 5.41) is 3.34. The second-order valence-electron chi connectivity index (χ2n) is 5.33. The molecule has 0 aromatic heterocycles. The fourth-order valence-corrected chi connectivity index (χ4v) is 2.33. The highest BCUT2D eigenvalue weighted by Crippen LogP contribution is 2.17. The SMILES string of the molecule is COCC(CN1C(=O)C(CC(C)C)NC1C)OC. The Labute approximate surface area is 110 Å². The third-order valence-electron chi connectivity index (χ3n) is 3.28. The first-order valence-electron chi connectivity index (χ1n) is 6.57. The van der Waals surface area contributed by atoms with Gasteiger partial charge in [-0.1, -0.05) is 13.8 Å². The number of hydrogen-bond donors (Lipinski definition) is 1. The molecule has 1 fully saturated rings. The van der Waals surface area contributed by atoms with Gasteiger partial charge >= 0.3 is 0 Å². The van der Waals surface area contributed by atoms with Gasteiger partial charge in [0.1, 0.15) is 0 Å². The van der Waals surface area contributed by atoms with Crippen molar-refractivity contribution >= 4 is 5.91 Å². The average molecular weight is 258 g/mol. The smallest absolute Gasteiger partial charge is 0.241 e. The molecule has 3 atom stereocenters. The lowest BCUT2D eigenvalue weighted by Gasteiger charge is -2.25. The van der Waals surface area contributed by atoms with Crippen LogP contribution in [-0.4, -0.2) is 56.5 Å². The van der Waals surface area contributed by atoms with Crippen LogP contribution >= 0.6 is 0 Å². The zero-order chi connectivity index (χ0) is 13.7. The van der Waals surface area contributed by atoms with Crippen molar-refractivity contribution in [3.05, 3.63) is 0 Å². The van der Waals surface area contributed by atoms with Crippen molar-refractivity contribution < 1.29 is 14.3 Å². The van der Waals surface area contributed by atoms with Gasteiger partial charge in [-0.2, -0.15) is 0 Å². The summed E-state index contributed by atoms with van der Waals surface area (Å²) in [4.78, 5) is 14.1. The summed E-state index contributed by atoms with van der Waals surface area (Å²) < 4.78 is 10.4. The number of ether oxygens (including phenoxy) is 2. The van der Waals surface area contributed by atoms with Crippen LogP contribution in [0.4, 0.5) is 0 Å². The molecule has 0 bridgehead atoms. The Hall–Kier alpha value is -0.650. The average Bonchev–Trinajstić information content (AvgIpc) is 2.55. The maximum absolute atomic E-state index is 12.3. The van der Waals surface area contributed by atoms with Crippen molar-refractivity contribution in [2.24, 2.45) is 5.92 Å². The normalized spacial score (nSPS) is 26.1. The van der Waals surface area contributed by atoms with E-state index in [9.17, 15) is 4.79 Å². The van der Waals surface area contributed by atoms with E-state index in [-0.39, 0.29) is 24.2 Å². The summed E-state index contributed by atoms with van der Waals surface area (Å²) in [5.74, 6) is 0.685. The quantitative estimate of drug-likeness (QED) is 0.735. The molecule has 3 unspecified atom stereocenters. The van der Waals surface area contributed by atoms with Crippen LogP contribution in [0.25, 0.3) is 0 Å². The number of amides is 1. The monoisotopic (exact) mass is 258 g/mol. The Morgan fingerprint density at radius 1 is 1.39 bits per heavy atom. The highest BCUT2D eigenvalue weighted by Gasteiger charge is 2.37. The van der Waals surface area contributed by atoms with Gasteiger partial charge in [0.15, 0.2) is 0 Å². The summed E-state index contributed by atoms with van der Waals surface area (Å²) >= 11 is 0. The molecule has 0 aromatic carbocycles. The van der Waals surface area contributed by atoms with Gasteiger partial charge in [-0.15, -0.1) is 0 Å². The van der Waals surface area contributed by atoms with Crippen molar-refractivity contribution in [1.29, 1.82) is 0 Å². The summed E-state index contributed by atoms with van der Waals surface area (Å²) in [5.41, 5.74) is 0. The Morgan fingerprint density at radius 3 is 2.56 bits per heavy atom. The minimum atomic E-state index is -0.0685. The maximum Gasteiger partial charge on any atom is 0.241 e. The van der Waals surface area contributed by atoms with Crippen molar-refractivity contribution in [2.45, 2.75) is 45.5 Å². The van der Waals surface area contributed by atoms with Crippen LogP contribution in [0.1, 0.15) is 27.2 Å². The molecule has 5 heteroatoms. The molecular weight excluding hydrogens is 232 g/mol. The first-order chi connectivity index (χ1) is 8.49. The van der Waals surface area contributed by atoms with E-state index in [1.54, 1.807) is 14.2 Å².